The van der Waals surface area contributed by atoms with Gasteiger partial charge >= 0.3 is 5.97 Å². The molecule has 2 atom stereocenters. The Morgan fingerprint density at radius 3 is 2.22 bits per heavy atom. The number of alkyl halides is 2. The van der Waals surface area contributed by atoms with Gasteiger partial charge in [-0.15, -0.1) is 0 Å². The highest BCUT2D eigenvalue weighted by molar-refractivity contribution is 9.12. The van der Waals surface area contributed by atoms with Gasteiger partial charge in [-0.25, -0.2) is 0 Å². The second kappa shape index (κ2) is 7.23. The number of nitro benzene ring substituents is 1. The van der Waals surface area contributed by atoms with Crippen LogP contribution in [0, 0.1) is 10.1 Å². The molecule has 0 bridgehead atoms. The van der Waals surface area contributed by atoms with Gasteiger partial charge in [0.2, 0.25) is 0 Å². The number of carbonyl (C=O) groups excluding carboxylic acids is 1. The molecule has 2 aromatic carbocycles. The van der Waals surface area contributed by atoms with E-state index in [-0.39, 0.29) is 5.69 Å². The molecule has 7 heteroatoms. The molecule has 0 spiro atoms. The molecule has 0 unspecified atom stereocenters. The zero-order chi connectivity index (χ0) is 17.0. The fraction of sp³-hybridized carbons (Fsp3) is 0.188. The van der Waals surface area contributed by atoms with Gasteiger partial charge in [-0.1, -0.05) is 74.3 Å². The number of ether oxygens (including phenoxy) is 1. The van der Waals surface area contributed by atoms with Crippen molar-refractivity contribution in [3.63, 3.8) is 0 Å². The van der Waals surface area contributed by atoms with Crippen molar-refractivity contribution in [2.75, 3.05) is 7.11 Å². The van der Waals surface area contributed by atoms with Crippen LogP contribution < -0.4 is 0 Å². The first-order valence-corrected chi connectivity index (χ1v) is 8.33. The maximum Gasteiger partial charge on any atom is 0.328 e. The molecule has 0 saturated carbocycles. The number of carbonyl (C=O) groups is 1. The van der Waals surface area contributed by atoms with Crippen LogP contribution in [0.4, 0.5) is 5.69 Å². The van der Waals surface area contributed by atoms with Crippen molar-refractivity contribution in [3.8, 4) is 0 Å². The first kappa shape index (κ1) is 17.6. The van der Waals surface area contributed by atoms with E-state index in [4.69, 9.17) is 4.74 Å². The van der Waals surface area contributed by atoms with Gasteiger partial charge in [0.25, 0.3) is 5.69 Å². The zero-order valence-electron chi connectivity index (χ0n) is 12.1. The highest BCUT2D eigenvalue weighted by atomic mass is 79.9. The van der Waals surface area contributed by atoms with E-state index in [1.165, 1.54) is 19.2 Å². The SMILES string of the molecule is COC(=O)[C@](Br)(c1ccccc1)[C@@H](Br)c1ccc([N+](=O)[O-])cc1. The van der Waals surface area contributed by atoms with Gasteiger partial charge < -0.3 is 4.74 Å². The van der Waals surface area contributed by atoms with Crippen LogP contribution in [0.3, 0.4) is 0 Å². The fourth-order valence-electron chi connectivity index (χ4n) is 2.19. The summed E-state index contributed by atoms with van der Waals surface area (Å²) in [7, 11) is 1.32. The topological polar surface area (TPSA) is 69.4 Å². The van der Waals surface area contributed by atoms with Crippen molar-refractivity contribution in [2.24, 2.45) is 0 Å². The quantitative estimate of drug-likeness (QED) is 0.296. The Bertz CT molecular complexity index is 706. The standard InChI is InChI=1S/C16H13Br2NO4/c1-23-15(20)16(18,12-5-3-2-4-6-12)14(17)11-7-9-13(10-8-11)19(21)22/h2-10,14H,1H3/t14-,16-/m0/s1. The van der Waals surface area contributed by atoms with Gasteiger partial charge in [0.05, 0.1) is 16.9 Å². The third-order valence-corrected chi connectivity index (χ3v) is 6.49. The Kier molecular flexibility index (Phi) is 5.54. The van der Waals surface area contributed by atoms with Crippen LogP contribution in [0.5, 0.6) is 0 Å². The van der Waals surface area contributed by atoms with Crippen molar-refractivity contribution in [1.29, 1.82) is 0 Å². The van der Waals surface area contributed by atoms with E-state index in [1.54, 1.807) is 12.1 Å². The van der Waals surface area contributed by atoms with Crippen LogP contribution in [0.1, 0.15) is 16.0 Å². The molecule has 0 N–H and O–H groups in total. The number of nitro groups is 1. The molecule has 0 heterocycles. The highest BCUT2D eigenvalue weighted by Crippen LogP contribution is 2.49. The minimum Gasteiger partial charge on any atom is -0.468 e. The Balaban J connectivity index is 2.47. The molecule has 0 amide bonds. The van der Waals surface area contributed by atoms with E-state index in [0.717, 1.165) is 0 Å². The number of methoxy groups -OCH3 is 1. The summed E-state index contributed by atoms with van der Waals surface area (Å²) in [4.78, 5) is 22.2. The van der Waals surface area contributed by atoms with Crippen LogP contribution in [0.25, 0.3) is 0 Å². The summed E-state index contributed by atoms with van der Waals surface area (Å²) in [5, 5.41) is 10.8. The van der Waals surface area contributed by atoms with Crippen molar-refractivity contribution in [3.05, 3.63) is 75.8 Å². The number of benzene rings is 2. The van der Waals surface area contributed by atoms with Crippen LogP contribution in [-0.4, -0.2) is 18.0 Å². The lowest BCUT2D eigenvalue weighted by Crippen LogP contribution is -2.34. The molecular weight excluding hydrogens is 430 g/mol. The predicted octanol–water partition coefficient (Wildman–Crippen LogP) is 4.49. The van der Waals surface area contributed by atoms with E-state index in [0.29, 0.717) is 11.1 Å². The van der Waals surface area contributed by atoms with Crippen LogP contribution in [0.15, 0.2) is 54.6 Å². The lowest BCUT2D eigenvalue weighted by Gasteiger charge is -2.30. The van der Waals surface area contributed by atoms with Gasteiger partial charge in [0, 0.05) is 12.1 Å². The molecule has 0 radical (unpaired) electrons. The first-order chi connectivity index (χ1) is 10.9. The minimum atomic E-state index is -1.15. The summed E-state index contributed by atoms with van der Waals surface area (Å²) >= 11 is 7.04. The van der Waals surface area contributed by atoms with E-state index >= 15 is 0 Å². The molecule has 0 aliphatic carbocycles. The van der Waals surface area contributed by atoms with Gasteiger partial charge in [-0.3, -0.25) is 14.9 Å². The fourth-order valence-corrected chi connectivity index (χ4v) is 3.64. The van der Waals surface area contributed by atoms with Crippen LogP contribution in [-0.2, 0) is 13.9 Å². The number of esters is 1. The van der Waals surface area contributed by atoms with E-state index in [9.17, 15) is 14.9 Å². The van der Waals surface area contributed by atoms with Crippen molar-refractivity contribution in [2.45, 2.75) is 9.15 Å². The summed E-state index contributed by atoms with van der Waals surface area (Å²) in [5.74, 6) is -0.469. The summed E-state index contributed by atoms with van der Waals surface area (Å²) in [6.07, 6.45) is 0. The zero-order valence-corrected chi connectivity index (χ0v) is 15.3. The Morgan fingerprint density at radius 2 is 1.74 bits per heavy atom. The third kappa shape index (κ3) is 3.45. The number of nitrogens with zero attached hydrogens (tertiary/aromatic N) is 1. The molecule has 0 fully saturated rings. The summed E-state index contributed by atoms with van der Waals surface area (Å²) in [5.41, 5.74) is 1.42. The smallest absolute Gasteiger partial charge is 0.328 e. The Hall–Kier alpha value is -1.73. The number of hydrogen-bond donors (Lipinski definition) is 0. The molecule has 5 nitrogen and oxygen atoms in total. The average Bonchev–Trinajstić information content (AvgIpc) is 2.60. The lowest BCUT2D eigenvalue weighted by molar-refractivity contribution is -0.384. The number of hydrogen-bond acceptors (Lipinski definition) is 4. The number of rotatable bonds is 5. The average molecular weight is 443 g/mol. The molecule has 120 valence electrons. The maximum atomic E-state index is 12.4. The molecule has 23 heavy (non-hydrogen) atoms. The summed E-state index contributed by atoms with van der Waals surface area (Å²) < 4.78 is 3.80. The Labute approximate surface area is 150 Å². The molecule has 2 aromatic rings. The van der Waals surface area contributed by atoms with Crippen molar-refractivity contribution >= 4 is 43.5 Å². The van der Waals surface area contributed by atoms with Crippen molar-refractivity contribution < 1.29 is 14.5 Å². The maximum absolute atomic E-state index is 12.4. The molecule has 0 saturated heterocycles. The second-order valence-corrected chi connectivity index (χ2v) is 6.95. The second-order valence-electron chi connectivity index (χ2n) is 4.78. The number of non-ortho nitro benzene ring substituents is 1. The molecule has 0 aliphatic heterocycles. The summed E-state index contributed by atoms with van der Waals surface area (Å²) in [6.45, 7) is 0. The van der Waals surface area contributed by atoms with Crippen LogP contribution in [0.2, 0.25) is 0 Å². The van der Waals surface area contributed by atoms with Crippen LogP contribution >= 0.6 is 31.9 Å². The summed E-state index contributed by atoms with van der Waals surface area (Å²) in [6, 6.07) is 15.1. The van der Waals surface area contributed by atoms with Gasteiger partial charge in [0.15, 0.2) is 4.32 Å². The molecule has 2 rings (SSSR count). The Morgan fingerprint density at radius 1 is 1.17 bits per heavy atom. The lowest BCUT2D eigenvalue weighted by atomic mass is 9.91. The van der Waals surface area contributed by atoms with Crippen molar-refractivity contribution in [1.82, 2.24) is 0 Å². The molecule has 0 aliphatic rings. The third-order valence-electron chi connectivity index (χ3n) is 3.42. The highest BCUT2D eigenvalue weighted by Gasteiger charge is 2.46. The normalized spacial score (nSPS) is 14.6. The van der Waals surface area contributed by atoms with E-state index in [2.05, 4.69) is 31.9 Å². The first-order valence-electron chi connectivity index (χ1n) is 6.62. The van der Waals surface area contributed by atoms with Gasteiger partial charge in [-0.2, -0.15) is 0 Å². The largest absolute Gasteiger partial charge is 0.468 e. The monoisotopic (exact) mass is 441 g/mol. The molecule has 0 aromatic heterocycles. The molecular formula is C16H13Br2NO4. The van der Waals surface area contributed by atoms with E-state index in [1.807, 2.05) is 30.3 Å². The van der Waals surface area contributed by atoms with Gasteiger partial charge in [0.1, 0.15) is 0 Å². The minimum absolute atomic E-state index is 0.00796. The predicted molar refractivity (Wildman–Crippen MR) is 93.8 cm³/mol. The van der Waals surface area contributed by atoms with Gasteiger partial charge in [-0.05, 0) is 11.1 Å². The van der Waals surface area contributed by atoms with E-state index < -0.39 is 20.0 Å². The number of halogens is 2.